The molecule has 1 aliphatic rings. The Labute approximate surface area is 122 Å². The summed E-state index contributed by atoms with van der Waals surface area (Å²) in [5, 5.41) is 12.5. The third-order valence-corrected chi connectivity index (χ3v) is 6.68. The number of thioether (sulfide) groups is 2. The molecule has 2 nitrogen and oxygen atoms in total. The number of aromatic nitrogens is 1. The summed E-state index contributed by atoms with van der Waals surface area (Å²) >= 11 is 3.83. The Kier molecular flexibility index (Phi) is 4.01. The molecule has 0 amide bonds. The van der Waals surface area contributed by atoms with Gasteiger partial charge in [0.2, 0.25) is 0 Å². The van der Waals surface area contributed by atoms with Gasteiger partial charge in [0.05, 0.1) is 11.6 Å². The van der Waals surface area contributed by atoms with Crippen molar-refractivity contribution in [3.63, 3.8) is 0 Å². The Hall–Kier alpha value is -0.710. The average molecular weight is 291 g/mol. The lowest BCUT2D eigenvalue weighted by atomic mass is 10.0. The molecule has 2 aromatic rings. The summed E-state index contributed by atoms with van der Waals surface area (Å²) in [5.41, 5.74) is 1.92. The number of aliphatic hydroxyl groups is 1. The fourth-order valence-electron chi connectivity index (χ4n) is 2.44. The SMILES string of the molecule is CC1SCCSC1C(O)c1cnc2ccccc2c1. The summed E-state index contributed by atoms with van der Waals surface area (Å²) in [6.45, 7) is 2.21. The van der Waals surface area contributed by atoms with Gasteiger partial charge in [0.1, 0.15) is 0 Å². The first-order chi connectivity index (χ1) is 9.25. The molecule has 0 radical (unpaired) electrons. The minimum absolute atomic E-state index is 0.265. The van der Waals surface area contributed by atoms with Gasteiger partial charge in [-0.25, -0.2) is 0 Å². The minimum Gasteiger partial charge on any atom is -0.387 e. The maximum Gasteiger partial charge on any atom is 0.0934 e. The van der Waals surface area contributed by atoms with Gasteiger partial charge in [0, 0.05) is 39.2 Å². The predicted octanol–water partition coefficient (Wildman–Crippen LogP) is 3.51. The third-order valence-electron chi connectivity index (χ3n) is 3.50. The zero-order chi connectivity index (χ0) is 13.2. The second kappa shape index (κ2) is 5.73. The van der Waals surface area contributed by atoms with Crippen molar-refractivity contribution in [1.82, 2.24) is 4.98 Å². The number of rotatable bonds is 2. The molecule has 1 fully saturated rings. The first-order valence-electron chi connectivity index (χ1n) is 6.51. The van der Waals surface area contributed by atoms with Crippen LogP contribution in [0.5, 0.6) is 0 Å². The quantitative estimate of drug-likeness (QED) is 0.918. The second-order valence-electron chi connectivity index (χ2n) is 4.82. The molecular formula is C15H17NOS2. The van der Waals surface area contributed by atoms with E-state index in [1.54, 1.807) is 0 Å². The van der Waals surface area contributed by atoms with Crippen LogP contribution in [0.4, 0.5) is 0 Å². The largest absolute Gasteiger partial charge is 0.387 e. The molecular weight excluding hydrogens is 274 g/mol. The van der Waals surface area contributed by atoms with Crippen molar-refractivity contribution < 1.29 is 5.11 Å². The van der Waals surface area contributed by atoms with Gasteiger partial charge >= 0.3 is 0 Å². The number of aliphatic hydroxyl groups excluding tert-OH is 1. The second-order valence-corrected chi connectivity index (χ2v) is 7.59. The normalized spacial score (nSPS) is 25.4. The van der Waals surface area contributed by atoms with E-state index in [9.17, 15) is 5.11 Å². The summed E-state index contributed by atoms with van der Waals surface area (Å²) in [7, 11) is 0. The van der Waals surface area contributed by atoms with Gasteiger partial charge in [-0.3, -0.25) is 4.98 Å². The summed E-state index contributed by atoms with van der Waals surface area (Å²) in [6.07, 6.45) is 1.39. The van der Waals surface area contributed by atoms with Crippen LogP contribution in [0.15, 0.2) is 36.5 Å². The molecule has 3 rings (SSSR count). The average Bonchev–Trinajstić information content (AvgIpc) is 2.46. The monoisotopic (exact) mass is 291 g/mol. The maximum absolute atomic E-state index is 10.6. The Bertz CT molecular complexity index is 575. The first-order valence-corrected chi connectivity index (χ1v) is 8.61. The van der Waals surface area contributed by atoms with Gasteiger partial charge in [-0.15, -0.1) is 0 Å². The van der Waals surface area contributed by atoms with E-state index in [4.69, 9.17) is 0 Å². The molecule has 0 aliphatic carbocycles. The van der Waals surface area contributed by atoms with Crippen LogP contribution in [-0.2, 0) is 0 Å². The summed E-state index contributed by atoms with van der Waals surface area (Å²) in [4.78, 5) is 4.45. The summed E-state index contributed by atoms with van der Waals surface area (Å²) in [5.74, 6) is 2.31. The van der Waals surface area contributed by atoms with Gasteiger partial charge < -0.3 is 5.11 Å². The van der Waals surface area contributed by atoms with E-state index in [2.05, 4.69) is 18.0 Å². The van der Waals surface area contributed by atoms with Crippen molar-refractivity contribution in [3.8, 4) is 0 Å². The molecule has 1 aromatic heterocycles. The van der Waals surface area contributed by atoms with Crippen molar-refractivity contribution >= 4 is 34.4 Å². The number of pyridine rings is 1. The van der Waals surface area contributed by atoms with E-state index in [0.717, 1.165) is 22.2 Å². The lowest BCUT2D eigenvalue weighted by molar-refractivity contribution is 0.174. The van der Waals surface area contributed by atoms with Gasteiger partial charge in [0.15, 0.2) is 0 Å². The van der Waals surface area contributed by atoms with Crippen molar-refractivity contribution in [3.05, 3.63) is 42.1 Å². The molecule has 2 heterocycles. The highest BCUT2D eigenvalue weighted by atomic mass is 32.2. The molecule has 0 spiro atoms. The molecule has 1 aliphatic heterocycles. The van der Waals surface area contributed by atoms with E-state index in [1.807, 2.05) is 54.0 Å². The van der Waals surface area contributed by atoms with E-state index in [0.29, 0.717) is 5.25 Å². The Morgan fingerprint density at radius 1 is 1.26 bits per heavy atom. The number of nitrogens with zero attached hydrogens (tertiary/aromatic N) is 1. The van der Waals surface area contributed by atoms with Crippen molar-refractivity contribution in [2.24, 2.45) is 0 Å². The highest BCUT2D eigenvalue weighted by Crippen LogP contribution is 2.38. The van der Waals surface area contributed by atoms with Crippen LogP contribution in [-0.4, -0.2) is 32.1 Å². The first kappa shape index (κ1) is 13.3. The molecule has 3 unspecified atom stereocenters. The van der Waals surface area contributed by atoms with E-state index < -0.39 is 6.10 Å². The predicted molar refractivity (Wildman–Crippen MR) is 84.9 cm³/mol. The fourth-order valence-corrected chi connectivity index (χ4v) is 5.27. The molecule has 0 bridgehead atoms. The number of hydrogen-bond donors (Lipinski definition) is 1. The van der Waals surface area contributed by atoms with Gasteiger partial charge in [-0.1, -0.05) is 25.1 Å². The van der Waals surface area contributed by atoms with Crippen molar-refractivity contribution in [2.75, 3.05) is 11.5 Å². The van der Waals surface area contributed by atoms with Crippen LogP contribution in [0.2, 0.25) is 0 Å². The molecule has 100 valence electrons. The number of benzene rings is 1. The summed E-state index contributed by atoms with van der Waals surface area (Å²) < 4.78 is 0. The molecule has 4 heteroatoms. The van der Waals surface area contributed by atoms with Crippen LogP contribution in [0.1, 0.15) is 18.6 Å². The Morgan fingerprint density at radius 2 is 2.05 bits per heavy atom. The van der Waals surface area contributed by atoms with Crippen LogP contribution in [0.25, 0.3) is 10.9 Å². The molecule has 3 atom stereocenters. The van der Waals surface area contributed by atoms with Crippen LogP contribution in [0.3, 0.4) is 0 Å². The van der Waals surface area contributed by atoms with Gasteiger partial charge in [0.25, 0.3) is 0 Å². The zero-order valence-corrected chi connectivity index (χ0v) is 12.5. The lowest BCUT2D eigenvalue weighted by Gasteiger charge is -2.31. The lowest BCUT2D eigenvalue weighted by Crippen LogP contribution is -2.29. The highest BCUT2D eigenvalue weighted by molar-refractivity contribution is 8.07. The molecule has 0 saturated carbocycles. The molecule has 19 heavy (non-hydrogen) atoms. The fraction of sp³-hybridized carbons (Fsp3) is 0.400. The number of hydrogen-bond acceptors (Lipinski definition) is 4. The standard InChI is InChI=1S/C15H17NOS2/c1-10-15(19-7-6-18-10)14(17)12-8-11-4-2-3-5-13(11)16-9-12/h2-5,8-10,14-15,17H,6-7H2,1H3. The number of fused-ring (bicyclic) bond motifs is 1. The zero-order valence-electron chi connectivity index (χ0n) is 10.8. The van der Waals surface area contributed by atoms with Crippen LogP contribution < -0.4 is 0 Å². The van der Waals surface area contributed by atoms with Gasteiger partial charge in [-0.05, 0) is 12.1 Å². The smallest absolute Gasteiger partial charge is 0.0934 e. The van der Waals surface area contributed by atoms with Crippen molar-refractivity contribution in [2.45, 2.75) is 23.5 Å². The van der Waals surface area contributed by atoms with Gasteiger partial charge in [-0.2, -0.15) is 23.5 Å². The maximum atomic E-state index is 10.6. The van der Waals surface area contributed by atoms with Crippen LogP contribution >= 0.6 is 23.5 Å². The highest BCUT2D eigenvalue weighted by Gasteiger charge is 2.30. The van der Waals surface area contributed by atoms with Crippen molar-refractivity contribution in [1.29, 1.82) is 0 Å². The van der Waals surface area contributed by atoms with E-state index in [-0.39, 0.29) is 5.25 Å². The third kappa shape index (κ3) is 2.76. The van der Waals surface area contributed by atoms with E-state index in [1.165, 1.54) is 5.75 Å². The topological polar surface area (TPSA) is 33.1 Å². The summed E-state index contributed by atoms with van der Waals surface area (Å²) in [6, 6.07) is 10.1. The minimum atomic E-state index is -0.426. The number of para-hydroxylation sites is 1. The molecule has 1 saturated heterocycles. The Morgan fingerprint density at radius 3 is 2.89 bits per heavy atom. The van der Waals surface area contributed by atoms with Crippen LogP contribution in [0, 0.1) is 0 Å². The molecule has 1 N–H and O–H groups in total. The molecule has 1 aromatic carbocycles. The van der Waals surface area contributed by atoms with E-state index >= 15 is 0 Å². The Balaban J connectivity index is 1.90.